The average molecular weight is 266 g/mol. The Labute approximate surface area is 114 Å². The van der Waals surface area contributed by atoms with E-state index < -0.39 is 0 Å². The van der Waals surface area contributed by atoms with Crippen LogP contribution in [-0.2, 0) is 20.8 Å². The fourth-order valence-corrected chi connectivity index (χ4v) is 1.48. The molecule has 0 aliphatic carbocycles. The van der Waals surface area contributed by atoms with Gasteiger partial charge in [0, 0.05) is 18.8 Å². The molecule has 5 heteroatoms. The van der Waals surface area contributed by atoms with Gasteiger partial charge in [-0.1, -0.05) is 12.1 Å². The molecule has 0 spiro atoms. The van der Waals surface area contributed by atoms with Gasteiger partial charge in [0.25, 0.3) is 0 Å². The summed E-state index contributed by atoms with van der Waals surface area (Å²) in [7, 11) is 0. The van der Waals surface area contributed by atoms with Gasteiger partial charge in [-0.25, -0.2) is 0 Å². The first kappa shape index (κ1) is 15.6. The highest BCUT2D eigenvalue weighted by atomic mass is 16.5. The van der Waals surface area contributed by atoms with Crippen LogP contribution in [0.4, 0.5) is 5.69 Å². The van der Waals surface area contributed by atoms with Gasteiger partial charge >= 0.3 is 0 Å². The largest absolute Gasteiger partial charge is 0.379 e. The molecule has 106 valence electrons. The molecule has 5 nitrogen and oxygen atoms in total. The number of rotatable bonds is 9. The Morgan fingerprint density at radius 3 is 2.47 bits per heavy atom. The van der Waals surface area contributed by atoms with E-state index in [1.165, 1.54) is 0 Å². The molecule has 1 aromatic carbocycles. The maximum Gasteiger partial charge on any atom is 0.226 e. The van der Waals surface area contributed by atoms with Gasteiger partial charge in [0.15, 0.2) is 0 Å². The molecule has 3 N–H and O–H groups in total. The van der Waals surface area contributed by atoms with Crippen LogP contribution in [0, 0.1) is 0 Å². The smallest absolute Gasteiger partial charge is 0.226 e. The summed E-state index contributed by atoms with van der Waals surface area (Å²) in [6.07, 6.45) is 0.338. The molecule has 0 radical (unpaired) electrons. The van der Waals surface area contributed by atoms with Crippen LogP contribution in [0.15, 0.2) is 24.3 Å². The predicted molar refractivity (Wildman–Crippen MR) is 74.9 cm³/mol. The molecule has 0 saturated heterocycles. The van der Waals surface area contributed by atoms with Crippen LogP contribution in [0.3, 0.4) is 0 Å². The van der Waals surface area contributed by atoms with Gasteiger partial charge in [-0.05, 0) is 24.6 Å². The third-order valence-corrected chi connectivity index (χ3v) is 2.52. The van der Waals surface area contributed by atoms with E-state index in [9.17, 15) is 4.79 Å². The van der Waals surface area contributed by atoms with Crippen molar-refractivity contribution in [2.24, 2.45) is 5.73 Å². The number of amides is 1. The lowest BCUT2D eigenvalue weighted by Crippen LogP contribution is -2.15. The first-order chi connectivity index (χ1) is 9.26. The Kier molecular flexibility index (Phi) is 7.81. The van der Waals surface area contributed by atoms with Crippen molar-refractivity contribution < 1.29 is 14.3 Å². The number of ether oxygens (including phenoxy) is 2. The summed E-state index contributed by atoms with van der Waals surface area (Å²) in [5.74, 6) is -0.0584. The van der Waals surface area contributed by atoms with Crippen molar-refractivity contribution >= 4 is 11.6 Å². The molecule has 0 atom stereocenters. The summed E-state index contributed by atoms with van der Waals surface area (Å²) in [6, 6.07) is 7.48. The number of nitrogens with two attached hydrogens (primary N) is 1. The zero-order chi connectivity index (χ0) is 13.9. The molecule has 1 aromatic rings. The highest BCUT2D eigenvalue weighted by Crippen LogP contribution is 2.09. The van der Waals surface area contributed by atoms with E-state index in [0.29, 0.717) is 39.4 Å². The fourth-order valence-electron chi connectivity index (χ4n) is 1.48. The number of nitrogens with one attached hydrogen (secondary N) is 1. The number of anilines is 1. The van der Waals surface area contributed by atoms with Crippen LogP contribution in [0.25, 0.3) is 0 Å². The molecule has 0 bridgehead atoms. The minimum Gasteiger partial charge on any atom is -0.379 e. The van der Waals surface area contributed by atoms with E-state index in [4.69, 9.17) is 15.2 Å². The van der Waals surface area contributed by atoms with E-state index >= 15 is 0 Å². The lowest BCUT2D eigenvalue weighted by molar-refractivity contribution is -0.117. The quantitative estimate of drug-likeness (QED) is 0.665. The molecule has 1 rings (SSSR count). The third-order valence-electron chi connectivity index (χ3n) is 2.52. The zero-order valence-corrected chi connectivity index (χ0v) is 11.4. The van der Waals surface area contributed by atoms with Crippen molar-refractivity contribution in [1.29, 1.82) is 0 Å². The van der Waals surface area contributed by atoms with Gasteiger partial charge < -0.3 is 20.5 Å². The molecule has 1 amide bonds. The van der Waals surface area contributed by atoms with Crippen LogP contribution >= 0.6 is 0 Å². The van der Waals surface area contributed by atoms with Crippen LogP contribution in [0.1, 0.15) is 18.9 Å². The predicted octanol–water partition coefficient (Wildman–Crippen LogP) is 1.53. The summed E-state index contributed by atoms with van der Waals surface area (Å²) in [5.41, 5.74) is 7.32. The summed E-state index contributed by atoms with van der Waals surface area (Å²) < 4.78 is 10.4. The normalized spacial score (nSPS) is 10.4. The lowest BCUT2D eigenvalue weighted by atomic mass is 10.2. The Morgan fingerprint density at radius 2 is 1.84 bits per heavy atom. The first-order valence-corrected chi connectivity index (χ1v) is 6.50. The fraction of sp³-hybridized carbons (Fsp3) is 0.500. The second kappa shape index (κ2) is 9.49. The number of hydrogen-bond acceptors (Lipinski definition) is 4. The van der Waals surface area contributed by atoms with Gasteiger partial charge in [0.1, 0.15) is 0 Å². The van der Waals surface area contributed by atoms with Crippen molar-refractivity contribution in [3.63, 3.8) is 0 Å². The maximum absolute atomic E-state index is 11.6. The Hall–Kier alpha value is -1.43. The molecule has 0 aliphatic heterocycles. The zero-order valence-electron chi connectivity index (χ0n) is 11.4. The molecular formula is C14H22N2O3. The van der Waals surface area contributed by atoms with Crippen LogP contribution < -0.4 is 11.1 Å². The number of hydrogen-bond donors (Lipinski definition) is 2. The number of carbonyl (C=O) groups excluding carboxylic acids is 1. The minimum absolute atomic E-state index is 0.0584. The molecule has 0 fully saturated rings. The van der Waals surface area contributed by atoms with E-state index in [2.05, 4.69) is 5.32 Å². The van der Waals surface area contributed by atoms with Gasteiger partial charge in [0.05, 0.1) is 26.2 Å². The van der Waals surface area contributed by atoms with E-state index in [1.54, 1.807) is 0 Å². The molecule has 0 aromatic heterocycles. The van der Waals surface area contributed by atoms with Crippen molar-refractivity contribution in [3.8, 4) is 0 Å². The Bertz CT molecular complexity index is 365. The van der Waals surface area contributed by atoms with Gasteiger partial charge in [-0.3, -0.25) is 4.79 Å². The maximum atomic E-state index is 11.6. The molecule has 0 heterocycles. The third kappa shape index (κ3) is 6.91. The molecular weight excluding hydrogens is 244 g/mol. The van der Waals surface area contributed by atoms with Crippen LogP contribution in [0.2, 0.25) is 0 Å². The number of carbonyl (C=O) groups is 1. The Balaban J connectivity index is 2.16. The summed E-state index contributed by atoms with van der Waals surface area (Å²) in [6.45, 7) is 4.61. The summed E-state index contributed by atoms with van der Waals surface area (Å²) in [5, 5.41) is 2.80. The Morgan fingerprint density at radius 1 is 1.16 bits per heavy atom. The monoisotopic (exact) mass is 266 g/mol. The van der Waals surface area contributed by atoms with Crippen molar-refractivity contribution in [3.05, 3.63) is 29.8 Å². The lowest BCUT2D eigenvalue weighted by Gasteiger charge is -2.07. The molecule has 0 aliphatic rings. The molecule has 0 unspecified atom stereocenters. The minimum atomic E-state index is -0.0584. The van der Waals surface area contributed by atoms with Crippen molar-refractivity contribution in [2.45, 2.75) is 19.9 Å². The highest BCUT2D eigenvalue weighted by molar-refractivity contribution is 5.90. The second-order valence-electron chi connectivity index (χ2n) is 4.01. The van der Waals surface area contributed by atoms with E-state index in [1.807, 2.05) is 31.2 Å². The summed E-state index contributed by atoms with van der Waals surface area (Å²) >= 11 is 0. The molecule has 0 saturated carbocycles. The average Bonchev–Trinajstić information content (AvgIpc) is 2.43. The van der Waals surface area contributed by atoms with E-state index in [0.717, 1.165) is 11.3 Å². The van der Waals surface area contributed by atoms with Crippen LogP contribution in [-0.4, -0.2) is 32.3 Å². The van der Waals surface area contributed by atoms with E-state index in [-0.39, 0.29) is 5.91 Å². The van der Waals surface area contributed by atoms with Crippen molar-refractivity contribution in [2.75, 3.05) is 31.7 Å². The van der Waals surface area contributed by atoms with Crippen molar-refractivity contribution in [1.82, 2.24) is 0 Å². The first-order valence-electron chi connectivity index (χ1n) is 6.50. The highest BCUT2D eigenvalue weighted by Gasteiger charge is 2.02. The van der Waals surface area contributed by atoms with Gasteiger partial charge in [0.2, 0.25) is 5.91 Å². The standard InChI is InChI=1S/C14H22N2O3/c1-2-18-9-10-19-8-7-14(17)16-13-5-3-12(11-15)4-6-13/h3-6H,2,7-11,15H2,1H3,(H,16,17). The number of benzene rings is 1. The SMILES string of the molecule is CCOCCOCCC(=O)Nc1ccc(CN)cc1. The van der Waals surface area contributed by atoms with Crippen LogP contribution in [0.5, 0.6) is 0 Å². The summed E-state index contributed by atoms with van der Waals surface area (Å²) in [4.78, 5) is 11.6. The topological polar surface area (TPSA) is 73.6 Å². The second-order valence-corrected chi connectivity index (χ2v) is 4.01. The van der Waals surface area contributed by atoms with Gasteiger partial charge in [-0.15, -0.1) is 0 Å². The molecule has 19 heavy (non-hydrogen) atoms. The van der Waals surface area contributed by atoms with Gasteiger partial charge in [-0.2, -0.15) is 0 Å².